The fourth-order valence-corrected chi connectivity index (χ4v) is 1.42. The van der Waals surface area contributed by atoms with Gasteiger partial charge in [0.25, 0.3) is 0 Å². The van der Waals surface area contributed by atoms with Crippen LogP contribution in [0.5, 0.6) is 0 Å². The number of nitrogen functional groups attached to an aromatic ring is 1. The zero-order valence-electron chi connectivity index (χ0n) is 8.75. The maximum absolute atomic E-state index is 8.94. The van der Waals surface area contributed by atoms with Gasteiger partial charge in [0.05, 0.1) is 17.0 Å². The summed E-state index contributed by atoms with van der Waals surface area (Å²) in [6.45, 7) is 0. The van der Waals surface area contributed by atoms with Crippen LogP contribution in [0.3, 0.4) is 0 Å². The molecule has 0 atom stereocenters. The highest BCUT2D eigenvalue weighted by molar-refractivity contribution is 5.66. The fraction of sp³-hybridized carbons (Fsp3) is 0. The highest BCUT2D eigenvalue weighted by Gasteiger charge is 2.11. The molecule has 0 aliphatic carbocycles. The number of anilines is 1. The van der Waals surface area contributed by atoms with Crippen molar-refractivity contribution in [2.24, 2.45) is 0 Å². The van der Waals surface area contributed by atoms with Crippen molar-refractivity contribution in [1.29, 1.82) is 10.5 Å². The fourth-order valence-electron chi connectivity index (χ4n) is 1.42. The minimum atomic E-state index is 0.0483. The van der Waals surface area contributed by atoms with Crippen molar-refractivity contribution >= 4 is 5.82 Å². The van der Waals surface area contributed by atoms with Gasteiger partial charge in [-0.3, -0.25) is 4.98 Å². The molecule has 2 aromatic rings. The van der Waals surface area contributed by atoms with Gasteiger partial charge in [-0.15, -0.1) is 0 Å². The van der Waals surface area contributed by atoms with E-state index in [2.05, 4.69) is 9.97 Å². The first kappa shape index (κ1) is 10.6. The first-order chi connectivity index (χ1) is 8.26. The summed E-state index contributed by atoms with van der Waals surface area (Å²) in [7, 11) is 0. The van der Waals surface area contributed by atoms with Crippen molar-refractivity contribution in [2.45, 2.75) is 0 Å². The normalized spacial score (nSPS) is 9.29. The van der Waals surface area contributed by atoms with Crippen LogP contribution in [0, 0.1) is 22.7 Å². The third-order valence-corrected chi connectivity index (χ3v) is 2.21. The second-order valence-electron chi connectivity index (χ2n) is 3.25. The first-order valence-corrected chi connectivity index (χ1v) is 4.78. The van der Waals surface area contributed by atoms with Gasteiger partial charge in [0, 0.05) is 6.20 Å². The molecule has 0 aliphatic heterocycles. The van der Waals surface area contributed by atoms with Crippen molar-refractivity contribution in [3.05, 3.63) is 41.6 Å². The molecule has 0 bridgehead atoms. The van der Waals surface area contributed by atoms with Crippen LogP contribution in [0.4, 0.5) is 5.82 Å². The lowest BCUT2D eigenvalue weighted by Gasteiger charge is -2.04. The Morgan fingerprint density at radius 2 is 1.94 bits per heavy atom. The molecule has 2 heterocycles. The molecule has 5 heteroatoms. The standard InChI is InChI=1S/C12H7N5/c13-6-8-5-11(10-3-1-2-4-16-10)17-12(15)9(8)7-14/h1-5H,(H2,15,17). The maximum atomic E-state index is 8.94. The molecule has 0 saturated carbocycles. The predicted octanol–water partition coefficient (Wildman–Crippen LogP) is 1.47. The number of hydrogen-bond acceptors (Lipinski definition) is 5. The Balaban J connectivity index is 2.65. The van der Waals surface area contributed by atoms with E-state index in [1.807, 2.05) is 18.2 Å². The second kappa shape index (κ2) is 4.30. The van der Waals surface area contributed by atoms with Crippen molar-refractivity contribution < 1.29 is 0 Å². The SMILES string of the molecule is N#Cc1cc(-c2ccccn2)nc(N)c1C#N. The van der Waals surface area contributed by atoms with Crippen molar-refractivity contribution in [1.82, 2.24) is 9.97 Å². The van der Waals surface area contributed by atoms with Gasteiger partial charge in [-0.2, -0.15) is 10.5 Å². The number of nitrogens with zero attached hydrogens (tertiary/aromatic N) is 4. The molecular formula is C12H7N5. The highest BCUT2D eigenvalue weighted by atomic mass is 14.9. The van der Waals surface area contributed by atoms with Crippen LogP contribution in [0.25, 0.3) is 11.4 Å². The van der Waals surface area contributed by atoms with Crippen LogP contribution in [-0.2, 0) is 0 Å². The Hall–Kier alpha value is -2.92. The largest absolute Gasteiger partial charge is 0.383 e. The number of hydrogen-bond donors (Lipinski definition) is 1. The zero-order chi connectivity index (χ0) is 12.3. The molecule has 2 N–H and O–H groups in total. The van der Waals surface area contributed by atoms with E-state index in [1.165, 1.54) is 6.07 Å². The monoisotopic (exact) mass is 221 g/mol. The van der Waals surface area contributed by atoms with Gasteiger partial charge in [-0.25, -0.2) is 4.98 Å². The van der Waals surface area contributed by atoms with Gasteiger partial charge >= 0.3 is 0 Å². The molecular weight excluding hydrogens is 214 g/mol. The third-order valence-electron chi connectivity index (χ3n) is 2.21. The Kier molecular flexibility index (Phi) is 2.68. The van der Waals surface area contributed by atoms with Crippen molar-refractivity contribution in [3.8, 4) is 23.5 Å². The number of nitriles is 2. The average Bonchev–Trinajstić information content (AvgIpc) is 2.38. The molecule has 0 spiro atoms. The Morgan fingerprint density at radius 1 is 1.12 bits per heavy atom. The van der Waals surface area contributed by atoms with Gasteiger partial charge in [0.1, 0.15) is 23.5 Å². The molecule has 17 heavy (non-hydrogen) atoms. The Bertz CT molecular complexity index is 634. The van der Waals surface area contributed by atoms with Crippen molar-refractivity contribution in [2.75, 3.05) is 5.73 Å². The molecule has 5 nitrogen and oxygen atoms in total. The van der Waals surface area contributed by atoms with Crippen LogP contribution in [0.2, 0.25) is 0 Å². The lowest BCUT2D eigenvalue weighted by Crippen LogP contribution is -2.00. The summed E-state index contributed by atoms with van der Waals surface area (Å²) in [5.74, 6) is 0.0483. The van der Waals surface area contributed by atoms with Gasteiger partial charge in [0.15, 0.2) is 0 Å². The van der Waals surface area contributed by atoms with Gasteiger partial charge in [-0.1, -0.05) is 6.07 Å². The van der Waals surface area contributed by atoms with E-state index in [0.29, 0.717) is 11.4 Å². The summed E-state index contributed by atoms with van der Waals surface area (Å²) in [6, 6.07) is 10.6. The highest BCUT2D eigenvalue weighted by Crippen LogP contribution is 2.21. The van der Waals surface area contributed by atoms with E-state index in [1.54, 1.807) is 18.3 Å². The van der Waals surface area contributed by atoms with Crippen LogP contribution in [0.15, 0.2) is 30.5 Å². The average molecular weight is 221 g/mol. The van der Waals surface area contributed by atoms with Gasteiger partial charge in [-0.05, 0) is 18.2 Å². The number of aromatic nitrogens is 2. The number of rotatable bonds is 1. The summed E-state index contributed by atoms with van der Waals surface area (Å²) in [4.78, 5) is 8.18. The van der Waals surface area contributed by atoms with E-state index >= 15 is 0 Å². The van der Waals surface area contributed by atoms with E-state index in [4.69, 9.17) is 16.3 Å². The first-order valence-electron chi connectivity index (χ1n) is 4.78. The quantitative estimate of drug-likeness (QED) is 0.785. The molecule has 0 amide bonds. The molecule has 0 fully saturated rings. The molecule has 2 aromatic heterocycles. The summed E-state index contributed by atoms with van der Waals surface area (Å²) in [5.41, 5.74) is 7.04. The molecule has 0 aromatic carbocycles. The van der Waals surface area contributed by atoms with E-state index in [9.17, 15) is 0 Å². The van der Waals surface area contributed by atoms with Crippen molar-refractivity contribution in [3.63, 3.8) is 0 Å². The van der Waals surface area contributed by atoms with E-state index in [-0.39, 0.29) is 16.9 Å². The predicted molar refractivity (Wildman–Crippen MR) is 61.3 cm³/mol. The number of nitrogens with two attached hydrogens (primary N) is 1. The summed E-state index contributed by atoms with van der Waals surface area (Å²) in [5, 5.41) is 17.8. The van der Waals surface area contributed by atoms with Crippen LogP contribution < -0.4 is 5.73 Å². The lowest BCUT2D eigenvalue weighted by atomic mass is 10.1. The molecule has 2 rings (SSSR count). The topological polar surface area (TPSA) is 99.4 Å². The minimum absolute atomic E-state index is 0.0483. The smallest absolute Gasteiger partial charge is 0.143 e. The molecule has 0 unspecified atom stereocenters. The summed E-state index contributed by atoms with van der Waals surface area (Å²) in [6.07, 6.45) is 1.62. The lowest BCUT2D eigenvalue weighted by molar-refractivity contribution is 1.23. The van der Waals surface area contributed by atoms with Crippen LogP contribution in [-0.4, -0.2) is 9.97 Å². The van der Waals surface area contributed by atoms with E-state index < -0.39 is 0 Å². The zero-order valence-corrected chi connectivity index (χ0v) is 8.75. The van der Waals surface area contributed by atoms with Crippen LogP contribution in [0.1, 0.15) is 11.1 Å². The van der Waals surface area contributed by atoms with Crippen LogP contribution >= 0.6 is 0 Å². The molecule has 0 aliphatic rings. The van der Waals surface area contributed by atoms with Gasteiger partial charge < -0.3 is 5.73 Å². The Labute approximate surface area is 97.8 Å². The third kappa shape index (κ3) is 1.90. The summed E-state index contributed by atoms with van der Waals surface area (Å²) >= 11 is 0. The van der Waals surface area contributed by atoms with E-state index in [0.717, 1.165) is 0 Å². The molecule has 0 saturated heterocycles. The maximum Gasteiger partial charge on any atom is 0.143 e. The Morgan fingerprint density at radius 3 is 2.53 bits per heavy atom. The molecule has 80 valence electrons. The minimum Gasteiger partial charge on any atom is -0.383 e. The second-order valence-corrected chi connectivity index (χ2v) is 3.25. The number of pyridine rings is 2. The van der Waals surface area contributed by atoms with Gasteiger partial charge in [0.2, 0.25) is 0 Å². The summed E-state index contributed by atoms with van der Waals surface area (Å²) < 4.78 is 0. The molecule has 0 radical (unpaired) electrons.